The highest BCUT2D eigenvalue weighted by molar-refractivity contribution is 6.55. The molecule has 9 atom stereocenters. The molecule has 7 heteroatoms. The average molecular weight is 599 g/mol. The Morgan fingerprint density at radius 3 is 1.34 bits per heavy atom. The number of ether oxygens (including phenoxy) is 5. The van der Waals surface area contributed by atoms with E-state index in [9.17, 15) is 0 Å². The highest BCUT2D eigenvalue weighted by Gasteiger charge is 2.43. The maximum Gasteiger partial charge on any atom is 0.234 e. The van der Waals surface area contributed by atoms with Crippen LogP contribution in [0, 0.1) is 5.92 Å². The first-order valence-electron chi connectivity index (χ1n) is 17.9. The van der Waals surface area contributed by atoms with E-state index >= 15 is 0 Å². The van der Waals surface area contributed by atoms with Crippen LogP contribution in [0.2, 0.25) is 0 Å². The van der Waals surface area contributed by atoms with E-state index in [1.54, 1.807) is 0 Å². The first-order chi connectivity index (χ1) is 20.1. The summed E-state index contributed by atoms with van der Waals surface area (Å²) >= 11 is 0. The summed E-state index contributed by atoms with van der Waals surface area (Å²) in [7, 11) is -2.03. The van der Waals surface area contributed by atoms with Crippen molar-refractivity contribution in [1.29, 1.82) is 0 Å². The molecule has 6 nitrogen and oxygen atoms in total. The molecule has 0 radical (unpaired) electrons. The van der Waals surface area contributed by atoms with E-state index in [-0.39, 0.29) is 42.0 Å². The highest BCUT2D eigenvalue weighted by atomic mass is 28.3. The highest BCUT2D eigenvalue weighted by Crippen LogP contribution is 2.33. The van der Waals surface area contributed by atoms with E-state index in [1.807, 2.05) is 0 Å². The molecule has 0 aromatic carbocycles. The van der Waals surface area contributed by atoms with E-state index in [0.29, 0.717) is 12.0 Å². The molecule has 0 bridgehead atoms. The Kier molecular flexibility index (Phi) is 17.4. The minimum atomic E-state index is -2.03. The van der Waals surface area contributed by atoms with Crippen LogP contribution in [0.25, 0.3) is 0 Å². The fraction of sp³-hybridized carbons (Fsp3) is 1.00. The van der Waals surface area contributed by atoms with Gasteiger partial charge in [-0.2, -0.15) is 0 Å². The van der Waals surface area contributed by atoms with Crippen LogP contribution in [0.4, 0.5) is 0 Å². The maximum absolute atomic E-state index is 7.43. The zero-order valence-corrected chi connectivity index (χ0v) is 28.8. The van der Waals surface area contributed by atoms with Crippen LogP contribution in [-0.4, -0.2) is 76.9 Å². The Bertz CT molecular complexity index is 617. The summed E-state index contributed by atoms with van der Waals surface area (Å²) in [6.07, 6.45) is 19.3. The number of hydrogen-bond acceptors (Lipinski definition) is 6. The summed E-state index contributed by atoms with van der Waals surface area (Å²) in [5, 5.41) is 0. The van der Waals surface area contributed by atoms with E-state index in [0.717, 1.165) is 90.4 Å². The predicted octanol–water partition coefficient (Wildman–Crippen LogP) is 7.86. The van der Waals surface area contributed by atoms with Gasteiger partial charge in [0.2, 0.25) is 9.04 Å². The molecule has 3 saturated heterocycles. The summed E-state index contributed by atoms with van der Waals surface area (Å²) in [5.74, 6) is 0.445. The molecule has 0 aliphatic carbocycles. The standard InChI is InChI=1S/C34H66O6Si/c1-7-12-17-27(28-20-23-35-28)26(6)40-41(33(18-13-8-2)38-31(15-10-4)29-21-24-36-29)34(19-14-9-3)39-32(16-11-5)30-22-25-37-30/h26-34,41H,7-25H2,1-6H3. The monoisotopic (exact) mass is 598 g/mol. The lowest BCUT2D eigenvalue weighted by molar-refractivity contribution is -0.160. The zero-order chi connectivity index (χ0) is 29.5. The lowest BCUT2D eigenvalue weighted by Crippen LogP contribution is -2.56. The fourth-order valence-corrected chi connectivity index (χ4v) is 10.1. The second-order valence-electron chi connectivity index (χ2n) is 13.0. The Hall–Kier alpha value is -0.0231. The first kappa shape index (κ1) is 35.5. The van der Waals surface area contributed by atoms with Crippen molar-refractivity contribution in [3.63, 3.8) is 0 Å². The van der Waals surface area contributed by atoms with Gasteiger partial charge in [-0.1, -0.05) is 86.0 Å². The van der Waals surface area contributed by atoms with Crippen molar-refractivity contribution in [1.82, 2.24) is 0 Å². The molecule has 0 N–H and O–H groups in total. The van der Waals surface area contributed by atoms with Gasteiger partial charge in [-0.15, -0.1) is 0 Å². The molecule has 0 saturated carbocycles. The van der Waals surface area contributed by atoms with Crippen LogP contribution in [0.15, 0.2) is 0 Å². The summed E-state index contributed by atoms with van der Waals surface area (Å²) in [6, 6.07) is 0. The van der Waals surface area contributed by atoms with Crippen molar-refractivity contribution in [2.24, 2.45) is 5.92 Å². The van der Waals surface area contributed by atoms with Gasteiger partial charge in [0, 0.05) is 31.8 Å². The number of hydrogen-bond donors (Lipinski definition) is 0. The number of rotatable bonds is 25. The molecule has 41 heavy (non-hydrogen) atoms. The SMILES string of the molecule is CCCCC(C(C)O[SiH](C(CCCC)OC(CCC)C1CCO1)C(CCCC)OC(CCC)C1CCO1)C1CCO1. The Labute approximate surface area is 255 Å². The normalized spacial score (nSPS) is 27.5. The third kappa shape index (κ3) is 11.1. The minimum absolute atomic E-state index is 0.124. The molecule has 3 aliphatic rings. The van der Waals surface area contributed by atoms with Crippen molar-refractivity contribution in [2.75, 3.05) is 19.8 Å². The molecular weight excluding hydrogens is 532 g/mol. The predicted molar refractivity (Wildman–Crippen MR) is 170 cm³/mol. The average Bonchev–Trinajstić information content (AvgIpc) is 2.87. The van der Waals surface area contributed by atoms with Crippen molar-refractivity contribution < 1.29 is 28.1 Å². The smallest absolute Gasteiger partial charge is 0.234 e. The molecule has 9 unspecified atom stereocenters. The summed E-state index contributed by atoms with van der Waals surface area (Å²) in [6.45, 7) is 16.4. The number of unbranched alkanes of at least 4 members (excludes halogenated alkanes) is 3. The van der Waals surface area contributed by atoms with Gasteiger partial charge in [0.05, 0.1) is 42.0 Å². The van der Waals surface area contributed by atoms with Crippen LogP contribution >= 0.6 is 0 Å². The van der Waals surface area contributed by atoms with Crippen molar-refractivity contribution in [3.05, 3.63) is 0 Å². The molecule has 0 amide bonds. The fourth-order valence-electron chi connectivity index (χ4n) is 6.74. The van der Waals surface area contributed by atoms with Crippen LogP contribution in [-0.2, 0) is 28.1 Å². The summed E-state index contributed by atoms with van der Waals surface area (Å²) in [5.41, 5.74) is 0.248. The van der Waals surface area contributed by atoms with Crippen LogP contribution in [0.1, 0.15) is 144 Å². The van der Waals surface area contributed by atoms with Gasteiger partial charge in [-0.3, -0.25) is 0 Å². The van der Waals surface area contributed by atoms with Crippen LogP contribution in [0.3, 0.4) is 0 Å². The zero-order valence-electron chi connectivity index (χ0n) is 27.7. The molecule has 3 rings (SSSR count). The molecule has 0 aromatic heterocycles. The van der Waals surface area contributed by atoms with E-state index in [4.69, 9.17) is 28.1 Å². The van der Waals surface area contributed by atoms with Crippen molar-refractivity contribution >= 4 is 9.04 Å². The molecular formula is C34H66O6Si. The largest absolute Gasteiger partial charge is 0.412 e. The Morgan fingerprint density at radius 1 is 0.585 bits per heavy atom. The third-order valence-corrected chi connectivity index (χ3v) is 12.8. The second-order valence-corrected chi connectivity index (χ2v) is 15.7. The molecule has 242 valence electrons. The molecule has 0 aromatic rings. The van der Waals surface area contributed by atoms with Gasteiger partial charge in [-0.05, 0) is 58.3 Å². The summed E-state index contributed by atoms with van der Waals surface area (Å²) in [4.78, 5) is 0. The molecule has 3 aliphatic heterocycles. The molecule has 0 spiro atoms. The van der Waals surface area contributed by atoms with Gasteiger partial charge < -0.3 is 28.1 Å². The third-order valence-electron chi connectivity index (χ3n) is 9.64. The van der Waals surface area contributed by atoms with Crippen molar-refractivity contribution in [2.45, 2.75) is 192 Å². The van der Waals surface area contributed by atoms with Gasteiger partial charge in [0.25, 0.3) is 0 Å². The topological polar surface area (TPSA) is 55.4 Å². The summed E-state index contributed by atoms with van der Waals surface area (Å²) < 4.78 is 39.9. The minimum Gasteiger partial charge on any atom is -0.412 e. The van der Waals surface area contributed by atoms with Crippen LogP contribution in [0.5, 0.6) is 0 Å². The lowest BCUT2D eigenvalue weighted by atomic mass is 9.87. The lowest BCUT2D eigenvalue weighted by Gasteiger charge is -2.44. The van der Waals surface area contributed by atoms with Gasteiger partial charge >= 0.3 is 0 Å². The first-order valence-corrected chi connectivity index (χ1v) is 19.7. The second kappa shape index (κ2) is 20.1. The van der Waals surface area contributed by atoms with Gasteiger partial charge in [0.1, 0.15) is 0 Å². The van der Waals surface area contributed by atoms with E-state index < -0.39 is 9.04 Å². The van der Waals surface area contributed by atoms with Gasteiger partial charge in [0.15, 0.2) is 0 Å². The van der Waals surface area contributed by atoms with Crippen molar-refractivity contribution in [3.8, 4) is 0 Å². The molecule has 3 fully saturated rings. The van der Waals surface area contributed by atoms with E-state index in [2.05, 4.69) is 41.5 Å². The Morgan fingerprint density at radius 2 is 1.00 bits per heavy atom. The van der Waals surface area contributed by atoms with Gasteiger partial charge in [-0.25, -0.2) is 0 Å². The van der Waals surface area contributed by atoms with Crippen LogP contribution < -0.4 is 0 Å². The Balaban J connectivity index is 1.90. The maximum atomic E-state index is 7.43. The van der Waals surface area contributed by atoms with E-state index in [1.165, 1.54) is 32.1 Å². The quantitative estimate of drug-likeness (QED) is 0.0998. The molecule has 3 heterocycles.